The molecular weight excluding hydrogens is 450 g/mol. The van der Waals surface area contributed by atoms with Gasteiger partial charge in [0, 0.05) is 11.3 Å². The monoisotopic (exact) mass is 493 g/mol. The zero-order chi connectivity index (χ0) is 26.7. The second-order valence-corrected chi connectivity index (χ2v) is 15.0. The van der Waals surface area contributed by atoms with Gasteiger partial charge in [-0.15, -0.1) is 0 Å². The van der Waals surface area contributed by atoms with Gasteiger partial charge < -0.3 is 5.11 Å². The first-order valence-electron chi connectivity index (χ1n) is 13.9. The van der Waals surface area contributed by atoms with Gasteiger partial charge >= 0.3 is 5.97 Å². The van der Waals surface area contributed by atoms with Gasteiger partial charge in [-0.3, -0.25) is 14.4 Å². The smallest absolute Gasteiger partial charge is 0.309 e. The van der Waals surface area contributed by atoms with E-state index in [1.54, 1.807) is 0 Å². The van der Waals surface area contributed by atoms with Crippen molar-refractivity contribution in [3.05, 3.63) is 11.6 Å². The molecule has 0 aromatic heterocycles. The molecule has 1 N–H and O–H groups in total. The fourth-order valence-corrected chi connectivity index (χ4v) is 10.5. The molecule has 0 aliphatic heterocycles. The van der Waals surface area contributed by atoms with Crippen molar-refractivity contribution in [2.75, 3.05) is 0 Å². The number of allylic oxidation sites excluding steroid dienone is 2. The van der Waals surface area contributed by atoms with Gasteiger partial charge in [-0.1, -0.05) is 47.1 Å². The Morgan fingerprint density at radius 2 is 1.61 bits per heavy atom. The van der Waals surface area contributed by atoms with Gasteiger partial charge in [0.05, 0.1) is 11.5 Å². The first-order valence-corrected chi connectivity index (χ1v) is 13.9. The number of rotatable bonds is 1. The molecule has 0 amide bonds. The zero-order valence-electron chi connectivity index (χ0n) is 23.2. The van der Waals surface area contributed by atoms with Gasteiger partial charge in [-0.05, 0) is 97.9 Å². The molecule has 0 bridgehead atoms. The van der Waals surface area contributed by atoms with Gasteiger partial charge in [-0.25, -0.2) is 0 Å². The Morgan fingerprint density at radius 1 is 0.972 bits per heavy atom. The summed E-state index contributed by atoms with van der Waals surface area (Å²) < 4.78 is 0. The third kappa shape index (κ3) is 2.91. The Balaban J connectivity index is 1.65. The number of hydrogen-bond acceptors (Lipinski definition) is 4. The maximum atomic E-state index is 14.3. The van der Waals surface area contributed by atoms with Crippen molar-refractivity contribution >= 4 is 17.5 Å². The van der Waals surface area contributed by atoms with Crippen molar-refractivity contribution < 1.29 is 19.5 Å². The van der Waals surface area contributed by atoms with Crippen LogP contribution in [-0.2, 0) is 14.4 Å². The molecule has 36 heavy (non-hydrogen) atoms. The molecule has 0 aromatic carbocycles. The molecule has 0 aromatic rings. The van der Waals surface area contributed by atoms with Crippen LogP contribution in [-0.4, -0.2) is 22.6 Å². The molecule has 9 atom stereocenters. The Morgan fingerprint density at radius 3 is 2.22 bits per heavy atom. The number of aliphatic carboxylic acids is 1. The van der Waals surface area contributed by atoms with E-state index >= 15 is 0 Å². The Labute approximate surface area is 216 Å². The Hall–Kier alpha value is -1.96. The minimum absolute atomic E-state index is 0.0238. The number of carbonyl (C=O) groups excluding carboxylic acids is 2. The fraction of sp³-hybridized carbons (Fsp3) is 0.806. The minimum atomic E-state index is -0.762. The molecule has 4 fully saturated rings. The summed E-state index contributed by atoms with van der Waals surface area (Å²) in [6, 6.07) is 2.29. The average molecular weight is 494 g/mol. The first-order chi connectivity index (χ1) is 16.5. The van der Waals surface area contributed by atoms with Gasteiger partial charge in [0.1, 0.15) is 5.92 Å². The van der Waals surface area contributed by atoms with Gasteiger partial charge in [0.15, 0.2) is 11.6 Å². The molecule has 196 valence electrons. The van der Waals surface area contributed by atoms with E-state index in [1.165, 1.54) is 5.57 Å². The van der Waals surface area contributed by atoms with Crippen LogP contribution in [0.1, 0.15) is 99.8 Å². The molecule has 5 nitrogen and oxygen atoms in total. The number of carboxylic acid groups (broad SMARTS) is 1. The Kier molecular flexibility index (Phi) is 5.23. The van der Waals surface area contributed by atoms with Crippen LogP contribution < -0.4 is 0 Å². The third-order valence-corrected chi connectivity index (χ3v) is 13.0. The van der Waals surface area contributed by atoms with E-state index in [1.807, 2.05) is 26.8 Å². The highest BCUT2D eigenvalue weighted by Gasteiger charge is 2.71. The quantitative estimate of drug-likeness (QED) is 0.458. The van der Waals surface area contributed by atoms with E-state index in [0.29, 0.717) is 19.3 Å². The molecular formula is C31H43NO4. The van der Waals surface area contributed by atoms with Crippen molar-refractivity contribution in [2.24, 2.45) is 56.2 Å². The van der Waals surface area contributed by atoms with Crippen molar-refractivity contribution in [3.63, 3.8) is 0 Å². The maximum absolute atomic E-state index is 14.3. The van der Waals surface area contributed by atoms with Gasteiger partial charge in [0.2, 0.25) is 0 Å². The zero-order valence-corrected chi connectivity index (χ0v) is 23.2. The largest absolute Gasteiger partial charge is 0.481 e. The highest BCUT2D eigenvalue weighted by Crippen LogP contribution is 2.75. The molecule has 0 radical (unpaired) electrons. The molecule has 0 unspecified atom stereocenters. The lowest BCUT2D eigenvalue weighted by Crippen LogP contribution is -2.67. The molecule has 0 spiro atoms. The Bertz CT molecular complexity index is 1130. The van der Waals surface area contributed by atoms with Crippen LogP contribution in [0.2, 0.25) is 0 Å². The summed E-state index contributed by atoms with van der Waals surface area (Å²) in [5, 5.41) is 20.0. The van der Waals surface area contributed by atoms with Crippen LogP contribution >= 0.6 is 0 Å². The van der Waals surface area contributed by atoms with E-state index in [2.05, 4.69) is 33.8 Å². The van der Waals surface area contributed by atoms with Crippen LogP contribution in [0.25, 0.3) is 0 Å². The van der Waals surface area contributed by atoms with E-state index in [0.717, 1.165) is 32.1 Å². The molecule has 5 aliphatic rings. The molecule has 0 saturated heterocycles. The lowest BCUT2D eigenvalue weighted by molar-refractivity contribution is -0.191. The molecule has 5 rings (SSSR count). The van der Waals surface area contributed by atoms with E-state index < -0.39 is 28.1 Å². The number of hydrogen-bond donors (Lipinski definition) is 1. The SMILES string of the molecule is CC1(C)C(=O)[C@H](C#N)C[C@]2(C)[C@H]3C(=O)C=C4[C@H]5C[C@](C)(C(=O)O)CC[C@]5(C)CC[C@@]4(C)[C@]3(C)CC[C@@H]12. The predicted molar refractivity (Wildman–Crippen MR) is 137 cm³/mol. The van der Waals surface area contributed by atoms with E-state index in [-0.39, 0.29) is 45.6 Å². The maximum Gasteiger partial charge on any atom is 0.309 e. The predicted octanol–water partition coefficient (Wildman–Crippen LogP) is 6.37. The van der Waals surface area contributed by atoms with Crippen molar-refractivity contribution in [3.8, 4) is 6.07 Å². The number of fused-ring (bicyclic) bond motifs is 7. The number of carboxylic acids is 1. The highest BCUT2D eigenvalue weighted by molar-refractivity contribution is 5.97. The van der Waals surface area contributed by atoms with Crippen LogP contribution in [0, 0.1) is 67.5 Å². The first kappa shape index (κ1) is 25.7. The van der Waals surface area contributed by atoms with Crippen LogP contribution in [0.5, 0.6) is 0 Å². The molecule has 0 heterocycles. The van der Waals surface area contributed by atoms with Crippen molar-refractivity contribution in [1.29, 1.82) is 5.26 Å². The number of nitriles is 1. The van der Waals surface area contributed by atoms with Gasteiger partial charge in [-0.2, -0.15) is 5.26 Å². The summed E-state index contributed by atoms with van der Waals surface area (Å²) in [6.07, 6.45) is 8.35. The van der Waals surface area contributed by atoms with E-state index in [4.69, 9.17) is 0 Å². The molecule has 5 aliphatic carbocycles. The van der Waals surface area contributed by atoms with Crippen molar-refractivity contribution in [1.82, 2.24) is 0 Å². The summed E-state index contributed by atoms with van der Waals surface area (Å²) in [7, 11) is 0. The number of ketones is 2. The number of nitrogens with zero attached hydrogens (tertiary/aromatic N) is 1. The minimum Gasteiger partial charge on any atom is -0.481 e. The van der Waals surface area contributed by atoms with Gasteiger partial charge in [0.25, 0.3) is 0 Å². The topological polar surface area (TPSA) is 95.2 Å². The summed E-state index contributed by atoms with van der Waals surface area (Å²) in [5.74, 6) is -1.29. The van der Waals surface area contributed by atoms with E-state index in [9.17, 15) is 24.8 Å². The second kappa shape index (κ2) is 7.33. The number of Topliss-reactive ketones (excluding diaryl/α,β-unsaturated/α-hetero) is 1. The van der Waals surface area contributed by atoms with Crippen LogP contribution in [0.4, 0.5) is 0 Å². The summed E-state index contributed by atoms with van der Waals surface area (Å²) in [6.45, 7) is 15.0. The average Bonchev–Trinajstić information content (AvgIpc) is 2.78. The second-order valence-electron chi connectivity index (χ2n) is 15.0. The lowest BCUT2D eigenvalue weighted by atomic mass is 9.33. The lowest BCUT2D eigenvalue weighted by Gasteiger charge is -2.70. The summed E-state index contributed by atoms with van der Waals surface area (Å²) in [4.78, 5) is 39.8. The summed E-state index contributed by atoms with van der Waals surface area (Å²) >= 11 is 0. The van der Waals surface area contributed by atoms with Crippen LogP contribution in [0.15, 0.2) is 11.6 Å². The highest BCUT2D eigenvalue weighted by atomic mass is 16.4. The summed E-state index contributed by atoms with van der Waals surface area (Å²) in [5.41, 5.74) is -1.08. The van der Waals surface area contributed by atoms with Crippen molar-refractivity contribution in [2.45, 2.75) is 99.8 Å². The fourth-order valence-electron chi connectivity index (χ4n) is 10.5. The standard InChI is InChI=1S/C31H43NO4/c1-26(2)22-8-9-31(7)23(29(22,5)15-18(17-32)24(26)34)21(33)14-19-20-16-28(4,25(35)36)11-10-27(20,3)12-13-30(19,31)6/h14,18,20,22-23H,8-13,15-16H2,1-7H3,(H,35,36)/t18-,20+,22-,23+,27+,28+,29-,30+,31+/m0/s1. The van der Waals surface area contributed by atoms with Crippen LogP contribution in [0.3, 0.4) is 0 Å². The normalized spacial score (nSPS) is 51.6. The molecule has 4 saturated carbocycles. The third-order valence-electron chi connectivity index (χ3n) is 13.0. The number of carbonyl (C=O) groups is 3. The molecule has 5 heteroatoms.